The molecule has 2 heterocycles. The van der Waals surface area contributed by atoms with E-state index in [0.717, 1.165) is 12.0 Å². The van der Waals surface area contributed by atoms with Crippen LogP contribution >= 0.6 is 0 Å². The molecule has 5 heteroatoms. The second kappa shape index (κ2) is 6.46. The Labute approximate surface area is 128 Å². The fourth-order valence-corrected chi connectivity index (χ4v) is 2.76. The molecule has 1 aliphatic heterocycles. The number of rotatable bonds is 4. The maximum Gasteiger partial charge on any atom is 0.267 e. The number of benzene rings is 1. The number of aromatic nitrogens is 1. The number of nitriles is 1. The van der Waals surface area contributed by atoms with E-state index >= 15 is 0 Å². The summed E-state index contributed by atoms with van der Waals surface area (Å²) in [7, 11) is 0. The van der Waals surface area contributed by atoms with Gasteiger partial charge < -0.3 is 15.0 Å². The predicted molar refractivity (Wildman–Crippen MR) is 81.1 cm³/mol. The topological polar surface area (TPSA) is 77.9 Å². The molecule has 3 rings (SSSR count). The molecular weight excluding hydrogens is 278 g/mol. The van der Waals surface area contributed by atoms with Crippen molar-refractivity contribution in [2.24, 2.45) is 5.92 Å². The van der Waals surface area contributed by atoms with Crippen LogP contribution in [0.3, 0.4) is 0 Å². The average Bonchev–Trinajstić information content (AvgIpc) is 3.22. The van der Waals surface area contributed by atoms with Crippen LogP contribution in [0, 0.1) is 17.2 Å². The van der Waals surface area contributed by atoms with Crippen LogP contribution in [0.5, 0.6) is 0 Å². The molecule has 2 atom stereocenters. The van der Waals surface area contributed by atoms with Gasteiger partial charge in [-0.3, -0.25) is 4.79 Å². The van der Waals surface area contributed by atoms with E-state index in [1.54, 1.807) is 6.07 Å². The highest BCUT2D eigenvalue weighted by atomic mass is 16.5. The normalized spacial score (nSPS) is 20.5. The SMILES string of the molecule is N#Cc1c[nH]c(C(=O)NC[C@@H]2CCO[C@H]2c2ccccc2)c1. The van der Waals surface area contributed by atoms with Gasteiger partial charge in [-0.2, -0.15) is 5.26 Å². The van der Waals surface area contributed by atoms with Gasteiger partial charge in [0.05, 0.1) is 11.7 Å². The number of carbonyl (C=O) groups excluding carboxylic acids is 1. The van der Waals surface area contributed by atoms with Gasteiger partial charge in [-0.1, -0.05) is 30.3 Å². The molecule has 0 spiro atoms. The monoisotopic (exact) mass is 295 g/mol. The lowest BCUT2D eigenvalue weighted by Gasteiger charge is -2.19. The molecule has 1 aromatic carbocycles. The third-order valence-electron chi connectivity index (χ3n) is 3.92. The van der Waals surface area contributed by atoms with Gasteiger partial charge in [0.15, 0.2) is 0 Å². The first kappa shape index (κ1) is 14.4. The van der Waals surface area contributed by atoms with Crippen molar-refractivity contribution in [2.75, 3.05) is 13.2 Å². The summed E-state index contributed by atoms with van der Waals surface area (Å²) < 4.78 is 5.81. The van der Waals surface area contributed by atoms with Crippen LogP contribution in [0.25, 0.3) is 0 Å². The highest BCUT2D eigenvalue weighted by molar-refractivity contribution is 5.92. The Bertz CT molecular complexity index is 687. The smallest absolute Gasteiger partial charge is 0.267 e. The van der Waals surface area contributed by atoms with Crippen molar-refractivity contribution in [3.8, 4) is 6.07 Å². The van der Waals surface area contributed by atoms with E-state index in [4.69, 9.17) is 10.00 Å². The Hall–Kier alpha value is -2.58. The Kier molecular flexibility index (Phi) is 4.22. The first-order valence-electron chi connectivity index (χ1n) is 7.31. The summed E-state index contributed by atoms with van der Waals surface area (Å²) in [6.07, 6.45) is 2.48. The van der Waals surface area contributed by atoms with Crippen LogP contribution in [-0.4, -0.2) is 24.0 Å². The van der Waals surface area contributed by atoms with Crippen molar-refractivity contribution >= 4 is 5.91 Å². The Morgan fingerprint density at radius 1 is 1.41 bits per heavy atom. The Morgan fingerprint density at radius 2 is 2.23 bits per heavy atom. The molecule has 1 amide bonds. The van der Waals surface area contributed by atoms with Gasteiger partial charge in [0.2, 0.25) is 0 Å². The molecule has 2 N–H and O–H groups in total. The second-order valence-electron chi connectivity index (χ2n) is 5.37. The average molecular weight is 295 g/mol. The fraction of sp³-hybridized carbons (Fsp3) is 0.294. The van der Waals surface area contributed by atoms with E-state index in [-0.39, 0.29) is 17.9 Å². The zero-order chi connectivity index (χ0) is 15.4. The van der Waals surface area contributed by atoms with Gasteiger partial charge >= 0.3 is 0 Å². The number of ether oxygens (including phenoxy) is 1. The van der Waals surface area contributed by atoms with Crippen molar-refractivity contribution in [1.82, 2.24) is 10.3 Å². The maximum atomic E-state index is 12.1. The van der Waals surface area contributed by atoms with Crippen molar-refractivity contribution in [3.05, 3.63) is 59.4 Å². The Morgan fingerprint density at radius 3 is 2.95 bits per heavy atom. The number of hydrogen-bond donors (Lipinski definition) is 2. The molecule has 5 nitrogen and oxygen atoms in total. The van der Waals surface area contributed by atoms with Gasteiger partial charge in [0.25, 0.3) is 5.91 Å². The first-order valence-corrected chi connectivity index (χ1v) is 7.31. The minimum Gasteiger partial charge on any atom is -0.373 e. The van der Waals surface area contributed by atoms with Crippen LogP contribution in [0.2, 0.25) is 0 Å². The van der Waals surface area contributed by atoms with Crippen LogP contribution in [0.4, 0.5) is 0 Å². The van der Waals surface area contributed by atoms with E-state index < -0.39 is 0 Å². The molecule has 0 saturated carbocycles. The van der Waals surface area contributed by atoms with Gasteiger partial charge in [0, 0.05) is 25.3 Å². The lowest BCUT2D eigenvalue weighted by Crippen LogP contribution is -2.30. The molecule has 0 radical (unpaired) electrons. The first-order chi connectivity index (χ1) is 10.8. The summed E-state index contributed by atoms with van der Waals surface area (Å²) in [6.45, 7) is 1.26. The summed E-state index contributed by atoms with van der Waals surface area (Å²) in [6, 6.07) is 13.6. The Balaban J connectivity index is 1.61. The predicted octanol–water partition coefficient (Wildman–Crippen LogP) is 2.39. The number of carbonyl (C=O) groups is 1. The molecule has 2 aromatic rings. The molecule has 112 valence electrons. The lowest BCUT2D eigenvalue weighted by atomic mass is 9.95. The van der Waals surface area contributed by atoms with Crippen LogP contribution in [0.1, 0.15) is 34.1 Å². The summed E-state index contributed by atoms with van der Waals surface area (Å²) in [4.78, 5) is 14.9. The molecule has 0 bridgehead atoms. The van der Waals surface area contributed by atoms with E-state index in [9.17, 15) is 4.79 Å². The summed E-state index contributed by atoms with van der Waals surface area (Å²) in [5, 5.41) is 11.7. The maximum absolute atomic E-state index is 12.1. The van der Waals surface area contributed by atoms with Crippen molar-refractivity contribution < 1.29 is 9.53 Å². The molecule has 22 heavy (non-hydrogen) atoms. The van der Waals surface area contributed by atoms with E-state index in [0.29, 0.717) is 24.4 Å². The molecule has 1 saturated heterocycles. The van der Waals surface area contributed by atoms with Crippen molar-refractivity contribution in [2.45, 2.75) is 12.5 Å². The number of aromatic amines is 1. The van der Waals surface area contributed by atoms with Gasteiger partial charge in [-0.25, -0.2) is 0 Å². The number of amides is 1. The minimum absolute atomic E-state index is 0.0276. The van der Waals surface area contributed by atoms with E-state index in [2.05, 4.69) is 22.4 Å². The van der Waals surface area contributed by atoms with Crippen LogP contribution in [0.15, 0.2) is 42.6 Å². The van der Waals surface area contributed by atoms with Crippen molar-refractivity contribution in [3.63, 3.8) is 0 Å². The molecule has 0 aliphatic carbocycles. The highest BCUT2D eigenvalue weighted by Crippen LogP contribution is 2.33. The largest absolute Gasteiger partial charge is 0.373 e. The summed E-state index contributed by atoms with van der Waals surface area (Å²) in [5.41, 5.74) is 2.01. The van der Waals surface area contributed by atoms with Gasteiger partial charge in [-0.15, -0.1) is 0 Å². The number of hydrogen-bond acceptors (Lipinski definition) is 3. The molecule has 1 fully saturated rings. The molecule has 0 unspecified atom stereocenters. The third kappa shape index (κ3) is 3.02. The number of H-pyrrole nitrogens is 1. The third-order valence-corrected chi connectivity index (χ3v) is 3.92. The second-order valence-corrected chi connectivity index (χ2v) is 5.37. The van der Waals surface area contributed by atoms with Gasteiger partial charge in [0.1, 0.15) is 11.8 Å². The van der Waals surface area contributed by atoms with E-state index in [1.165, 1.54) is 6.20 Å². The standard InChI is InChI=1S/C17H17N3O2/c18-9-12-8-15(19-10-12)17(21)20-11-14-6-7-22-16(14)13-4-2-1-3-5-13/h1-5,8,10,14,16,19H,6-7,11H2,(H,20,21)/t14-,16-/m0/s1. The number of nitrogens with zero attached hydrogens (tertiary/aromatic N) is 1. The van der Waals surface area contributed by atoms with Crippen LogP contribution < -0.4 is 5.32 Å². The highest BCUT2D eigenvalue weighted by Gasteiger charge is 2.29. The van der Waals surface area contributed by atoms with Gasteiger partial charge in [-0.05, 0) is 18.1 Å². The fourth-order valence-electron chi connectivity index (χ4n) is 2.76. The lowest BCUT2D eigenvalue weighted by molar-refractivity contribution is 0.0844. The quantitative estimate of drug-likeness (QED) is 0.909. The zero-order valence-electron chi connectivity index (χ0n) is 12.1. The van der Waals surface area contributed by atoms with Crippen LogP contribution in [-0.2, 0) is 4.74 Å². The van der Waals surface area contributed by atoms with Crippen molar-refractivity contribution in [1.29, 1.82) is 5.26 Å². The molecular formula is C17H17N3O2. The summed E-state index contributed by atoms with van der Waals surface area (Å²) >= 11 is 0. The minimum atomic E-state index is -0.194. The summed E-state index contributed by atoms with van der Waals surface area (Å²) in [5.74, 6) is 0.0666. The molecule has 1 aromatic heterocycles. The zero-order valence-corrected chi connectivity index (χ0v) is 12.1. The van der Waals surface area contributed by atoms with E-state index in [1.807, 2.05) is 24.3 Å². The number of nitrogens with one attached hydrogen (secondary N) is 2. The molecule has 1 aliphatic rings.